The van der Waals surface area contributed by atoms with Gasteiger partial charge >= 0.3 is 11.9 Å². The highest BCUT2D eigenvalue weighted by Gasteiger charge is 2.68. The zero-order valence-electron chi connectivity index (χ0n) is 12.5. The van der Waals surface area contributed by atoms with Crippen molar-refractivity contribution in [3.05, 3.63) is 39.7 Å². The topological polar surface area (TPSA) is 72.2 Å². The van der Waals surface area contributed by atoms with E-state index in [9.17, 15) is 32.5 Å². The molecule has 0 bridgehead atoms. The second kappa shape index (κ2) is 6.93. The van der Waals surface area contributed by atoms with E-state index in [4.69, 9.17) is 0 Å². The normalized spacial score (nSPS) is 15.2. The van der Waals surface area contributed by atoms with Crippen LogP contribution in [0.2, 0.25) is 0 Å². The number of alkyl halides is 3. The van der Waals surface area contributed by atoms with E-state index in [-0.39, 0.29) is 24.9 Å². The lowest BCUT2D eigenvalue weighted by Crippen LogP contribution is -2.40. The first-order valence-electron chi connectivity index (χ1n) is 6.95. The van der Waals surface area contributed by atoms with Crippen molar-refractivity contribution < 1.29 is 27.3 Å². The molecule has 0 saturated heterocycles. The molecule has 0 heterocycles. The number of nitrogens with one attached hydrogen (secondary N) is 1. The number of amides is 1. The zero-order valence-corrected chi connectivity index (χ0v) is 12.5. The van der Waals surface area contributed by atoms with Gasteiger partial charge in [-0.2, -0.15) is 17.6 Å². The number of benzene rings is 1. The van der Waals surface area contributed by atoms with E-state index in [2.05, 4.69) is 5.32 Å². The van der Waals surface area contributed by atoms with E-state index in [0.717, 1.165) is 18.2 Å². The van der Waals surface area contributed by atoms with E-state index in [1.165, 1.54) is 0 Å². The molecule has 1 aromatic rings. The van der Waals surface area contributed by atoms with Crippen LogP contribution in [-0.4, -0.2) is 17.0 Å². The number of carbonyl (C=O) groups is 1. The van der Waals surface area contributed by atoms with Crippen LogP contribution in [0.4, 0.5) is 23.2 Å². The molecule has 2 rings (SSSR count). The van der Waals surface area contributed by atoms with Crippen molar-refractivity contribution in [2.45, 2.75) is 39.4 Å². The lowest BCUT2D eigenvalue weighted by atomic mass is 10.1. The van der Waals surface area contributed by atoms with Crippen molar-refractivity contribution in [1.82, 2.24) is 5.32 Å². The summed E-state index contributed by atoms with van der Waals surface area (Å²) < 4.78 is 51.2. The van der Waals surface area contributed by atoms with Crippen molar-refractivity contribution in [2.24, 2.45) is 5.41 Å². The van der Waals surface area contributed by atoms with E-state index in [1.807, 2.05) is 13.8 Å². The van der Waals surface area contributed by atoms with E-state index < -0.39 is 33.9 Å². The van der Waals surface area contributed by atoms with Gasteiger partial charge in [0.05, 0.1) is 4.92 Å². The number of hydrogen-bond donors (Lipinski definition) is 1. The first-order valence-corrected chi connectivity index (χ1v) is 6.95. The van der Waals surface area contributed by atoms with Crippen molar-refractivity contribution >= 4 is 11.6 Å². The van der Waals surface area contributed by atoms with Gasteiger partial charge in [-0.25, -0.2) is 0 Å². The smallest absolute Gasteiger partial charge is 0.351 e. The molecule has 1 aliphatic rings. The predicted molar refractivity (Wildman–Crippen MR) is 74.0 cm³/mol. The van der Waals surface area contributed by atoms with Gasteiger partial charge in [-0.3, -0.25) is 14.9 Å². The quantitative estimate of drug-likeness (QED) is 0.517. The molecular weight excluding hydrogens is 320 g/mol. The van der Waals surface area contributed by atoms with Gasteiger partial charge in [-0.15, -0.1) is 0 Å². The number of rotatable bonds is 4. The molecule has 128 valence electrons. The second-order valence-electron chi connectivity index (χ2n) is 4.81. The number of carbonyl (C=O) groups excluding carboxylic acids is 1. The van der Waals surface area contributed by atoms with Crippen molar-refractivity contribution in [3.8, 4) is 0 Å². The van der Waals surface area contributed by atoms with Crippen LogP contribution in [0.15, 0.2) is 18.2 Å². The molecule has 0 aromatic heterocycles. The van der Waals surface area contributed by atoms with E-state index in [0.29, 0.717) is 0 Å². The number of hydrogen-bond acceptors (Lipinski definition) is 3. The average Bonchev–Trinajstić information content (AvgIpc) is 3.29. The Morgan fingerprint density at radius 2 is 1.91 bits per heavy atom. The number of nitrogens with zero attached hydrogens (tertiary/aromatic N) is 1. The van der Waals surface area contributed by atoms with Gasteiger partial charge in [0, 0.05) is 12.6 Å². The van der Waals surface area contributed by atoms with Gasteiger partial charge in [-0.05, 0) is 24.5 Å². The largest absolute Gasteiger partial charge is 0.403 e. The molecule has 1 fully saturated rings. The lowest BCUT2D eigenvalue weighted by molar-refractivity contribution is -0.387. The summed E-state index contributed by atoms with van der Waals surface area (Å²) in [4.78, 5) is 21.2. The van der Waals surface area contributed by atoms with Crippen LogP contribution in [0.3, 0.4) is 0 Å². The van der Waals surface area contributed by atoms with Crippen LogP contribution in [0.5, 0.6) is 0 Å². The van der Waals surface area contributed by atoms with Gasteiger partial charge < -0.3 is 5.32 Å². The molecule has 0 spiro atoms. The zero-order chi connectivity index (χ0) is 17.8. The maximum Gasteiger partial charge on any atom is 0.403 e. The Bertz CT molecular complexity index is 598. The molecule has 1 N–H and O–H groups in total. The lowest BCUT2D eigenvalue weighted by Gasteiger charge is -2.18. The van der Waals surface area contributed by atoms with Crippen LogP contribution >= 0.6 is 0 Å². The summed E-state index contributed by atoms with van der Waals surface area (Å²) in [5.41, 5.74) is -2.99. The molecule has 1 amide bonds. The van der Waals surface area contributed by atoms with E-state index in [1.54, 1.807) is 0 Å². The maximum atomic E-state index is 13.1. The molecule has 1 saturated carbocycles. The number of nitro groups is 1. The fraction of sp³-hybridized carbons (Fsp3) is 0.500. The first kappa shape index (κ1) is 18.9. The van der Waals surface area contributed by atoms with Gasteiger partial charge in [0.2, 0.25) is 11.7 Å². The van der Waals surface area contributed by atoms with Crippen LogP contribution in [0.1, 0.15) is 32.3 Å². The highest BCUT2D eigenvalue weighted by atomic mass is 19.4. The standard InChI is InChI=1S/C12H10F4N2O3.C2H6/c13-8-2-1-7(5-9(8)18(20)21)6-17-10(19)11(3-4-11)12(14,15)16;1-2/h1-2,5H,3-4,6H2,(H,17,19);1-2H3. The molecule has 23 heavy (non-hydrogen) atoms. The molecule has 0 unspecified atom stereocenters. The monoisotopic (exact) mass is 336 g/mol. The summed E-state index contributed by atoms with van der Waals surface area (Å²) in [5, 5.41) is 12.6. The Hall–Kier alpha value is -2.19. The minimum absolute atomic E-state index is 0.148. The Labute approximate surface area is 129 Å². The second-order valence-corrected chi connectivity index (χ2v) is 4.81. The fourth-order valence-corrected chi connectivity index (χ4v) is 1.92. The Morgan fingerprint density at radius 1 is 1.35 bits per heavy atom. The van der Waals surface area contributed by atoms with Crippen LogP contribution in [0, 0.1) is 21.3 Å². The third-order valence-corrected chi connectivity index (χ3v) is 3.39. The summed E-state index contributed by atoms with van der Waals surface area (Å²) in [6.45, 7) is 3.66. The van der Waals surface area contributed by atoms with Crippen molar-refractivity contribution in [1.29, 1.82) is 0 Å². The average molecular weight is 336 g/mol. The SMILES string of the molecule is CC.O=C(NCc1ccc(F)c([N+](=O)[O-])c1)C1(C(F)(F)F)CC1. The molecule has 0 aliphatic heterocycles. The van der Waals surface area contributed by atoms with Crippen LogP contribution in [0.25, 0.3) is 0 Å². The van der Waals surface area contributed by atoms with Gasteiger partial charge in [0.25, 0.3) is 0 Å². The first-order chi connectivity index (χ1) is 10.7. The summed E-state index contributed by atoms with van der Waals surface area (Å²) >= 11 is 0. The highest BCUT2D eigenvalue weighted by Crippen LogP contribution is 2.57. The molecule has 1 aliphatic carbocycles. The van der Waals surface area contributed by atoms with Crippen molar-refractivity contribution in [3.63, 3.8) is 0 Å². The Balaban J connectivity index is 0.00000127. The van der Waals surface area contributed by atoms with Gasteiger partial charge in [0.15, 0.2) is 0 Å². The molecule has 1 aromatic carbocycles. The highest BCUT2D eigenvalue weighted by molar-refractivity contribution is 5.86. The van der Waals surface area contributed by atoms with Gasteiger partial charge in [-0.1, -0.05) is 19.9 Å². The van der Waals surface area contributed by atoms with E-state index >= 15 is 0 Å². The van der Waals surface area contributed by atoms with Gasteiger partial charge in [0.1, 0.15) is 5.41 Å². The summed E-state index contributed by atoms with van der Waals surface area (Å²) in [7, 11) is 0. The third kappa shape index (κ3) is 3.96. The maximum absolute atomic E-state index is 13.1. The Morgan fingerprint density at radius 3 is 2.35 bits per heavy atom. The number of halogens is 4. The van der Waals surface area contributed by atoms with Crippen LogP contribution < -0.4 is 5.32 Å². The predicted octanol–water partition coefficient (Wildman–Crippen LogP) is 3.72. The fourth-order valence-electron chi connectivity index (χ4n) is 1.92. The summed E-state index contributed by atoms with van der Waals surface area (Å²) in [6.07, 6.45) is -5.16. The summed E-state index contributed by atoms with van der Waals surface area (Å²) in [5.74, 6) is -2.22. The third-order valence-electron chi connectivity index (χ3n) is 3.39. The minimum atomic E-state index is -4.62. The molecule has 0 radical (unpaired) electrons. The summed E-state index contributed by atoms with van der Waals surface area (Å²) in [6, 6.07) is 2.87. The van der Waals surface area contributed by atoms with Crippen LogP contribution in [-0.2, 0) is 11.3 Å². The molecule has 9 heteroatoms. The number of nitro benzene ring substituents is 1. The molecule has 0 atom stereocenters. The van der Waals surface area contributed by atoms with Crippen molar-refractivity contribution in [2.75, 3.05) is 0 Å². The molecule has 5 nitrogen and oxygen atoms in total. The molecular formula is C14H16F4N2O3. The Kier molecular flexibility index (Phi) is 5.68. The minimum Gasteiger partial charge on any atom is -0.351 e.